The van der Waals surface area contributed by atoms with E-state index < -0.39 is 8.07 Å². The fraction of sp³-hybridized carbons (Fsp3) is 0.417. The molecule has 0 aliphatic heterocycles. The van der Waals surface area contributed by atoms with Gasteiger partial charge in [-0.2, -0.15) is 0 Å². The second-order valence-corrected chi connectivity index (χ2v) is 14.1. The quantitative estimate of drug-likeness (QED) is 0.387. The number of benzene rings is 1. The van der Waals surface area contributed by atoms with Crippen LogP contribution in [0, 0.1) is 18.4 Å². The van der Waals surface area contributed by atoms with Gasteiger partial charge in [0, 0.05) is 17.8 Å². The van der Waals surface area contributed by atoms with Crippen LogP contribution in [0.2, 0.25) is 16.6 Å². The summed E-state index contributed by atoms with van der Waals surface area (Å²) >= 11 is 0. The van der Waals surface area contributed by atoms with Crippen LogP contribution in [-0.4, -0.2) is 22.6 Å². The average molecular weight is 390 g/mol. The summed E-state index contributed by atoms with van der Waals surface area (Å²) in [6.07, 6.45) is 3.58. The topological polar surface area (TPSA) is 30.7 Å². The molecular formula is C24H31N3Si. The Bertz CT molecular complexity index is 999. The predicted molar refractivity (Wildman–Crippen MR) is 122 cm³/mol. The molecule has 4 heteroatoms. The molecule has 0 radical (unpaired) electrons. The van der Waals surface area contributed by atoms with Crippen molar-refractivity contribution in [3.05, 3.63) is 54.0 Å². The molecule has 28 heavy (non-hydrogen) atoms. The van der Waals surface area contributed by atoms with Crippen LogP contribution in [0.15, 0.2) is 42.7 Å². The monoisotopic (exact) mass is 389 g/mol. The molecular weight excluding hydrogens is 358 g/mol. The number of aromatic nitrogens is 3. The van der Waals surface area contributed by atoms with E-state index in [4.69, 9.17) is 0 Å². The minimum atomic E-state index is -1.82. The molecule has 0 saturated heterocycles. The Labute approximate surface area is 170 Å². The molecule has 0 unspecified atom stereocenters. The molecule has 0 amide bonds. The molecule has 3 aromatic rings. The molecule has 0 aliphatic rings. The lowest BCUT2D eigenvalue weighted by Gasteiger charge is -2.38. The van der Waals surface area contributed by atoms with Crippen LogP contribution < -0.4 is 0 Å². The van der Waals surface area contributed by atoms with Gasteiger partial charge in [0.05, 0.1) is 5.52 Å². The van der Waals surface area contributed by atoms with Crippen LogP contribution in [0.4, 0.5) is 0 Å². The summed E-state index contributed by atoms with van der Waals surface area (Å²) in [7, 11) is -1.82. The minimum absolute atomic E-state index is 0.603. The number of para-hydroxylation sites is 1. The van der Waals surface area contributed by atoms with Crippen LogP contribution in [0.3, 0.4) is 0 Å². The van der Waals surface area contributed by atoms with E-state index in [1.807, 2.05) is 6.07 Å². The van der Waals surface area contributed by atoms with Crippen molar-refractivity contribution in [3.8, 4) is 17.4 Å². The summed E-state index contributed by atoms with van der Waals surface area (Å²) < 4.78 is 2.12. The van der Waals surface area contributed by atoms with Gasteiger partial charge in [0.15, 0.2) is 0 Å². The Morgan fingerprint density at radius 3 is 2.00 bits per heavy atom. The second-order valence-electron chi connectivity index (χ2n) is 8.52. The largest absolute Gasteiger partial charge is 0.270 e. The third-order valence-electron chi connectivity index (χ3n) is 6.14. The van der Waals surface area contributed by atoms with E-state index in [0.717, 1.165) is 11.2 Å². The first-order valence-corrected chi connectivity index (χ1v) is 12.4. The Balaban J connectivity index is 2.31. The maximum Gasteiger partial charge on any atom is 0.235 e. The molecule has 0 N–H and O–H groups in total. The summed E-state index contributed by atoms with van der Waals surface area (Å²) in [5.74, 6) is 4.33. The highest BCUT2D eigenvalue weighted by Crippen LogP contribution is 2.41. The zero-order chi connectivity index (χ0) is 20.5. The fourth-order valence-corrected chi connectivity index (χ4v) is 9.97. The highest BCUT2D eigenvalue weighted by molar-refractivity contribution is 6.90. The number of fused-ring (bicyclic) bond motifs is 1. The number of rotatable bonds is 4. The number of hydrogen-bond acceptors (Lipinski definition) is 2. The molecule has 3 nitrogen and oxygen atoms in total. The second kappa shape index (κ2) is 7.93. The van der Waals surface area contributed by atoms with Crippen molar-refractivity contribution < 1.29 is 0 Å². The molecule has 0 atom stereocenters. The summed E-state index contributed by atoms with van der Waals surface area (Å²) in [4.78, 5) is 9.04. The summed E-state index contributed by atoms with van der Waals surface area (Å²) in [6, 6.07) is 10.3. The van der Waals surface area contributed by atoms with Gasteiger partial charge in [-0.05, 0) is 41.2 Å². The van der Waals surface area contributed by atoms with E-state index in [0.29, 0.717) is 22.6 Å². The van der Waals surface area contributed by atoms with E-state index in [-0.39, 0.29) is 0 Å². The van der Waals surface area contributed by atoms with Gasteiger partial charge in [0.25, 0.3) is 0 Å². The lowest BCUT2D eigenvalue weighted by Crippen LogP contribution is -2.43. The van der Waals surface area contributed by atoms with Crippen molar-refractivity contribution in [1.29, 1.82) is 0 Å². The summed E-state index contributed by atoms with van der Waals surface area (Å²) in [5.41, 5.74) is 9.02. The van der Waals surface area contributed by atoms with Crippen LogP contribution in [0.5, 0.6) is 0 Å². The van der Waals surface area contributed by atoms with Crippen molar-refractivity contribution in [1.82, 2.24) is 14.5 Å². The highest BCUT2D eigenvalue weighted by atomic mass is 28.3. The van der Waals surface area contributed by atoms with Gasteiger partial charge in [0.1, 0.15) is 13.8 Å². The normalized spacial score (nSPS) is 12.1. The van der Waals surface area contributed by atoms with E-state index in [1.54, 1.807) is 12.4 Å². The van der Waals surface area contributed by atoms with Crippen LogP contribution >= 0.6 is 0 Å². The van der Waals surface area contributed by atoms with Gasteiger partial charge in [0.2, 0.25) is 5.95 Å². The third kappa shape index (κ3) is 3.29. The van der Waals surface area contributed by atoms with Crippen molar-refractivity contribution in [2.24, 2.45) is 0 Å². The van der Waals surface area contributed by atoms with Crippen molar-refractivity contribution in [2.45, 2.75) is 65.1 Å². The number of nitrogens with zero attached hydrogens (tertiary/aromatic N) is 3. The average Bonchev–Trinajstić information content (AvgIpc) is 2.94. The minimum Gasteiger partial charge on any atom is -0.270 e. The smallest absolute Gasteiger partial charge is 0.235 e. The summed E-state index contributed by atoms with van der Waals surface area (Å²) in [6.45, 7) is 16.3. The van der Waals surface area contributed by atoms with E-state index in [1.165, 1.54) is 10.9 Å². The lowest BCUT2D eigenvalue weighted by atomic mass is 10.1. The van der Waals surface area contributed by atoms with Crippen LogP contribution in [0.1, 0.15) is 52.8 Å². The molecule has 0 fully saturated rings. The maximum absolute atomic E-state index is 4.52. The predicted octanol–water partition coefficient (Wildman–Crippen LogP) is 6.30. The lowest BCUT2D eigenvalue weighted by molar-refractivity contribution is 0.838. The molecule has 0 spiro atoms. The Kier molecular flexibility index (Phi) is 5.76. The molecule has 0 saturated carbocycles. The molecule has 1 aromatic carbocycles. The molecule has 0 aliphatic carbocycles. The first kappa shape index (κ1) is 20.4. The Morgan fingerprint density at radius 2 is 1.43 bits per heavy atom. The van der Waals surface area contributed by atoms with Gasteiger partial charge in [-0.25, -0.2) is 9.97 Å². The molecule has 2 aromatic heterocycles. The summed E-state index contributed by atoms with van der Waals surface area (Å²) in [5, 5.41) is 1.21. The van der Waals surface area contributed by atoms with Crippen LogP contribution in [-0.2, 0) is 0 Å². The zero-order valence-corrected chi connectivity index (χ0v) is 19.1. The maximum atomic E-state index is 4.52. The van der Waals surface area contributed by atoms with Gasteiger partial charge < -0.3 is 0 Å². The first-order valence-electron chi connectivity index (χ1n) is 10.2. The number of hydrogen-bond donors (Lipinski definition) is 0. The van der Waals surface area contributed by atoms with E-state index >= 15 is 0 Å². The highest BCUT2D eigenvalue weighted by Gasteiger charge is 2.41. The van der Waals surface area contributed by atoms with Gasteiger partial charge >= 0.3 is 0 Å². The van der Waals surface area contributed by atoms with Gasteiger partial charge in [-0.15, -0.1) is 5.54 Å². The molecule has 146 valence electrons. The Hall–Kier alpha value is -2.38. The first-order chi connectivity index (χ1) is 13.3. The van der Waals surface area contributed by atoms with Gasteiger partial charge in [-0.3, -0.25) is 4.57 Å². The molecule has 3 rings (SSSR count). The van der Waals surface area contributed by atoms with Crippen LogP contribution in [0.25, 0.3) is 16.9 Å². The third-order valence-corrected chi connectivity index (χ3v) is 12.4. The SMILES string of the molecule is Cc1c(C#C[Si](C(C)C)(C(C)C)C(C)C)n(-c2ncccn2)c2ccccc12. The van der Waals surface area contributed by atoms with Crippen molar-refractivity contribution >= 4 is 19.0 Å². The molecule has 2 heterocycles. The number of aryl methyl sites for hydroxylation is 1. The zero-order valence-electron chi connectivity index (χ0n) is 18.1. The van der Waals surface area contributed by atoms with Gasteiger partial charge in [-0.1, -0.05) is 65.7 Å². The standard InChI is InChI=1S/C24H31N3Si/c1-17(2)28(18(3)4,19(5)6)16-13-22-20(7)21-11-8-9-12-23(21)27(22)24-25-14-10-15-26-24/h8-12,14-15,17-19H,1-7H3. The van der Waals surface area contributed by atoms with E-state index in [2.05, 4.69) is 98.7 Å². The molecule has 0 bridgehead atoms. The van der Waals surface area contributed by atoms with Crippen molar-refractivity contribution in [3.63, 3.8) is 0 Å². The fourth-order valence-electron chi connectivity index (χ4n) is 4.77. The Morgan fingerprint density at radius 1 is 0.857 bits per heavy atom. The van der Waals surface area contributed by atoms with Crippen molar-refractivity contribution in [2.75, 3.05) is 0 Å². The van der Waals surface area contributed by atoms with E-state index in [9.17, 15) is 0 Å².